The fourth-order valence-electron chi connectivity index (χ4n) is 2.39. The van der Waals surface area contributed by atoms with Gasteiger partial charge in [-0.25, -0.2) is 13.8 Å². The predicted molar refractivity (Wildman–Crippen MR) is 102 cm³/mol. The molecule has 28 heavy (non-hydrogen) atoms. The van der Waals surface area contributed by atoms with Gasteiger partial charge in [-0.3, -0.25) is 9.59 Å². The Morgan fingerprint density at radius 3 is 2.54 bits per heavy atom. The molecule has 6 nitrogen and oxygen atoms in total. The van der Waals surface area contributed by atoms with Crippen LogP contribution < -0.4 is 15.8 Å². The molecule has 2 amide bonds. The smallest absolute Gasteiger partial charge is 0.275 e. The molecule has 144 valence electrons. The van der Waals surface area contributed by atoms with E-state index in [-0.39, 0.29) is 11.4 Å². The van der Waals surface area contributed by atoms with E-state index in [0.29, 0.717) is 17.7 Å². The Bertz CT molecular complexity index is 1040. The molecule has 3 N–H and O–H groups in total. The van der Waals surface area contributed by atoms with Gasteiger partial charge < -0.3 is 15.8 Å². The van der Waals surface area contributed by atoms with Crippen molar-refractivity contribution in [1.82, 2.24) is 4.98 Å². The maximum atomic E-state index is 13.9. The van der Waals surface area contributed by atoms with Crippen molar-refractivity contribution < 1.29 is 23.1 Å². The SMILES string of the molecule is CCOc1ccc(-c2nc(C(=O)Nc3cc(C(N)=O)c(F)cc3F)cs2)cc1. The van der Waals surface area contributed by atoms with E-state index in [1.165, 1.54) is 16.7 Å². The number of rotatable bonds is 6. The molecule has 0 aliphatic carbocycles. The number of nitrogens with two attached hydrogens (primary N) is 1. The lowest BCUT2D eigenvalue weighted by Crippen LogP contribution is -2.17. The van der Waals surface area contributed by atoms with Crippen LogP contribution in [0.3, 0.4) is 0 Å². The molecule has 1 heterocycles. The molecule has 3 aromatic rings. The molecule has 0 radical (unpaired) electrons. The van der Waals surface area contributed by atoms with Crippen LogP contribution in [0, 0.1) is 11.6 Å². The second-order valence-corrected chi connectivity index (χ2v) is 6.48. The minimum Gasteiger partial charge on any atom is -0.494 e. The third kappa shape index (κ3) is 4.15. The zero-order valence-electron chi connectivity index (χ0n) is 14.7. The lowest BCUT2D eigenvalue weighted by atomic mass is 10.1. The molecule has 9 heteroatoms. The summed E-state index contributed by atoms with van der Waals surface area (Å²) in [5.41, 5.74) is 4.99. The van der Waals surface area contributed by atoms with Crippen LogP contribution in [0.4, 0.5) is 14.5 Å². The monoisotopic (exact) mass is 403 g/mol. The van der Waals surface area contributed by atoms with Gasteiger partial charge in [-0.15, -0.1) is 11.3 Å². The fourth-order valence-corrected chi connectivity index (χ4v) is 3.20. The molecule has 3 rings (SSSR count). The van der Waals surface area contributed by atoms with Crippen LogP contribution >= 0.6 is 11.3 Å². The Kier molecular flexibility index (Phi) is 5.65. The summed E-state index contributed by atoms with van der Waals surface area (Å²) in [6.07, 6.45) is 0. The normalized spacial score (nSPS) is 10.5. The molecular weight excluding hydrogens is 388 g/mol. The molecule has 0 spiro atoms. The highest BCUT2D eigenvalue weighted by Gasteiger charge is 2.18. The Balaban J connectivity index is 1.79. The number of hydrogen-bond acceptors (Lipinski definition) is 5. The van der Waals surface area contributed by atoms with Gasteiger partial charge >= 0.3 is 0 Å². The number of primary amides is 1. The summed E-state index contributed by atoms with van der Waals surface area (Å²) in [5.74, 6) is -3.18. The quantitative estimate of drug-likeness (QED) is 0.654. The van der Waals surface area contributed by atoms with E-state index in [2.05, 4.69) is 10.3 Å². The highest BCUT2D eigenvalue weighted by molar-refractivity contribution is 7.13. The van der Waals surface area contributed by atoms with Gasteiger partial charge in [-0.1, -0.05) is 0 Å². The van der Waals surface area contributed by atoms with Crippen molar-refractivity contribution >= 4 is 28.8 Å². The number of halogens is 2. The summed E-state index contributed by atoms with van der Waals surface area (Å²) in [4.78, 5) is 27.8. The molecular formula is C19H15F2N3O3S. The number of amides is 2. The zero-order chi connectivity index (χ0) is 20.3. The molecule has 1 aromatic heterocycles. The van der Waals surface area contributed by atoms with E-state index in [1.54, 1.807) is 12.1 Å². The topological polar surface area (TPSA) is 94.3 Å². The third-order valence-corrected chi connectivity index (χ3v) is 4.61. The average Bonchev–Trinajstić information content (AvgIpc) is 3.15. The summed E-state index contributed by atoms with van der Waals surface area (Å²) in [6, 6.07) is 8.54. The summed E-state index contributed by atoms with van der Waals surface area (Å²) >= 11 is 1.23. The number of carbonyl (C=O) groups is 2. The third-order valence-electron chi connectivity index (χ3n) is 3.72. The molecule has 0 atom stereocenters. The maximum absolute atomic E-state index is 13.9. The molecule has 2 aromatic carbocycles. The van der Waals surface area contributed by atoms with Crippen molar-refractivity contribution in [2.24, 2.45) is 5.73 Å². The van der Waals surface area contributed by atoms with E-state index in [9.17, 15) is 18.4 Å². The number of anilines is 1. The molecule has 0 unspecified atom stereocenters. The highest BCUT2D eigenvalue weighted by atomic mass is 32.1. The minimum absolute atomic E-state index is 0.0539. The van der Waals surface area contributed by atoms with Crippen LogP contribution in [-0.4, -0.2) is 23.4 Å². The number of ether oxygens (including phenoxy) is 1. The summed E-state index contributed by atoms with van der Waals surface area (Å²) in [7, 11) is 0. The van der Waals surface area contributed by atoms with Crippen molar-refractivity contribution in [3.8, 4) is 16.3 Å². The fraction of sp³-hybridized carbons (Fsp3) is 0.105. The molecule has 0 saturated carbocycles. The predicted octanol–water partition coefficient (Wildman–Crippen LogP) is 3.84. The maximum Gasteiger partial charge on any atom is 0.275 e. The van der Waals surface area contributed by atoms with Gasteiger partial charge in [0.1, 0.15) is 28.1 Å². The molecule has 0 aliphatic heterocycles. The lowest BCUT2D eigenvalue weighted by Gasteiger charge is -2.07. The number of benzene rings is 2. The van der Waals surface area contributed by atoms with Gasteiger partial charge in [0, 0.05) is 17.0 Å². The van der Waals surface area contributed by atoms with Gasteiger partial charge in [0.25, 0.3) is 11.8 Å². The number of aromatic nitrogens is 1. The van der Waals surface area contributed by atoms with Crippen molar-refractivity contribution in [2.45, 2.75) is 6.92 Å². The van der Waals surface area contributed by atoms with Crippen LogP contribution in [0.1, 0.15) is 27.8 Å². The Labute approximate surface area is 163 Å². The van der Waals surface area contributed by atoms with Crippen molar-refractivity contribution in [2.75, 3.05) is 11.9 Å². The Morgan fingerprint density at radius 1 is 1.18 bits per heavy atom. The van der Waals surface area contributed by atoms with Gasteiger partial charge in [0.2, 0.25) is 0 Å². The first-order chi connectivity index (χ1) is 13.4. The van der Waals surface area contributed by atoms with E-state index in [0.717, 1.165) is 17.4 Å². The first kappa shape index (κ1) is 19.4. The van der Waals surface area contributed by atoms with E-state index < -0.39 is 29.0 Å². The van der Waals surface area contributed by atoms with Crippen molar-refractivity contribution in [3.05, 3.63) is 64.7 Å². The summed E-state index contributed by atoms with van der Waals surface area (Å²) in [6.45, 7) is 2.44. The molecule has 0 fully saturated rings. The summed E-state index contributed by atoms with van der Waals surface area (Å²) in [5, 5.41) is 4.38. The molecule has 0 aliphatic rings. The first-order valence-electron chi connectivity index (χ1n) is 8.18. The van der Waals surface area contributed by atoms with Crippen molar-refractivity contribution in [1.29, 1.82) is 0 Å². The van der Waals surface area contributed by atoms with Crippen LogP contribution in [-0.2, 0) is 0 Å². The van der Waals surface area contributed by atoms with E-state index in [1.807, 2.05) is 19.1 Å². The van der Waals surface area contributed by atoms with Crippen LogP contribution in [0.15, 0.2) is 41.8 Å². The van der Waals surface area contributed by atoms with Crippen molar-refractivity contribution in [3.63, 3.8) is 0 Å². The standard InChI is InChI=1S/C19H15F2N3O3S/c1-2-27-11-5-3-10(4-6-11)19-24-16(9-28-19)18(26)23-15-7-12(17(22)25)13(20)8-14(15)21/h3-9H,2H2,1H3,(H2,22,25)(H,23,26). The van der Waals surface area contributed by atoms with Crippen LogP contribution in [0.25, 0.3) is 10.6 Å². The summed E-state index contributed by atoms with van der Waals surface area (Å²) < 4.78 is 32.8. The number of thiazole rings is 1. The second-order valence-electron chi connectivity index (χ2n) is 5.63. The second kappa shape index (κ2) is 8.13. The molecule has 0 saturated heterocycles. The zero-order valence-corrected chi connectivity index (χ0v) is 15.5. The number of nitrogens with one attached hydrogen (secondary N) is 1. The van der Waals surface area contributed by atoms with Crippen LogP contribution in [0.5, 0.6) is 5.75 Å². The Morgan fingerprint density at radius 2 is 1.89 bits per heavy atom. The Hall–Kier alpha value is -3.33. The van der Waals surface area contributed by atoms with Gasteiger partial charge in [0.05, 0.1) is 17.9 Å². The number of hydrogen-bond donors (Lipinski definition) is 2. The highest BCUT2D eigenvalue weighted by Crippen LogP contribution is 2.27. The molecule has 0 bridgehead atoms. The van der Waals surface area contributed by atoms with Gasteiger partial charge in [-0.2, -0.15) is 0 Å². The first-order valence-corrected chi connectivity index (χ1v) is 9.06. The van der Waals surface area contributed by atoms with Gasteiger partial charge in [0.15, 0.2) is 0 Å². The van der Waals surface area contributed by atoms with E-state index >= 15 is 0 Å². The minimum atomic E-state index is -1.10. The van der Waals surface area contributed by atoms with E-state index in [4.69, 9.17) is 10.5 Å². The average molecular weight is 403 g/mol. The lowest BCUT2D eigenvalue weighted by molar-refractivity contribution is 0.0992. The number of nitrogens with zero attached hydrogens (tertiary/aromatic N) is 1. The van der Waals surface area contributed by atoms with Gasteiger partial charge in [-0.05, 0) is 37.3 Å². The number of carbonyl (C=O) groups excluding carboxylic acids is 2. The largest absolute Gasteiger partial charge is 0.494 e. The van der Waals surface area contributed by atoms with Crippen LogP contribution in [0.2, 0.25) is 0 Å².